The van der Waals surface area contributed by atoms with Crippen molar-refractivity contribution in [2.75, 3.05) is 18.1 Å². The van der Waals surface area contributed by atoms with Crippen molar-refractivity contribution >= 4 is 27.6 Å². The Morgan fingerprint density at radius 3 is 2.55 bits per heavy atom. The lowest BCUT2D eigenvalue weighted by Crippen LogP contribution is -2.46. The van der Waals surface area contributed by atoms with Gasteiger partial charge in [0.05, 0.1) is 18.2 Å². The number of fused-ring (bicyclic) bond motifs is 4. The molecule has 0 fully saturated rings. The predicted molar refractivity (Wildman–Crippen MR) is 127 cm³/mol. The molecule has 0 N–H and O–H groups in total. The van der Waals surface area contributed by atoms with E-state index in [2.05, 4.69) is 81.5 Å². The summed E-state index contributed by atoms with van der Waals surface area (Å²) >= 11 is 3.60. The molecule has 0 aromatic heterocycles. The summed E-state index contributed by atoms with van der Waals surface area (Å²) in [5, 5.41) is 0. The molecule has 31 heavy (non-hydrogen) atoms. The SMILES string of the molecule is CCOC(=O)c1cc2c3c(c1)[C@@H]1C=CC[C@@H]1[C@H](c1ccc(Br)cc1)N3C[C@@H]1CC=C[C@H]21. The number of nitrogens with zero attached hydrogens (tertiary/aromatic N) is 1. The third-order valence-corrected chi connectivity index (χ3v) is 8.10. The van der Waals surface area contributed by atoms with Crippen LogP contribution in [0.4, 0.5) is 5.69 Å². The summed E-state index contributed by atoms with van der Waals surface area (Å²) in [4.78, 5) is 15.4. The molecule has 3 nitrogen and oxygen atoms in total. The van der Waals surface area contributed by atoms with E-state index in [1.165, 1.54) is 22.4 Å². The van der Waals surface area contributed by atoms with E-state index in [1.54, 1.807) is 0 Å². The molecule has 4 aliphatic rings. The van der Waals surface area contributed by atoms with E-state index in [-0.39, 0.29) is 5.97 Å². The second-order valence-corrected chi connectivity index (χ2v) is 10.1. The Bertz CT molecular complexity index is 1090. The van der Waals surface area contributed by atoms with Gasteiger partial charge in [0, 0.05) is 28.5 Å². The Hall–Kier alpha value is -2.33. The number of hydrogen-bond acceptors (Lipinski definition) is 3. The summed E-state index contributed by atoms with van der Waals surface area (Å²) in [6, 6.07) is 13.5. The molecular formula is C27H26BrNO2. The fourth-order valence-electron chi connectivity index (χ4n) is 6.35. The van der Waals surface area contributed by atoms with Crippen molar-refractivity contribution in [3.8, 4) is 0 Å². The number of allylic oxidation sites excluding steroid dienone is 4. The van der Waals surface area contributed by atoms with E-state index in [1.807, 2.05) is 6.92 Å². The van der Waals surface area contributed by atoms with Crippen LogP contribution in [0.5, 0.6) is 0 Å². The monoisotopic (exact) mass is 475 g/mol. The van der Waals surface area contributed by atoms with E-state index < -0.39 is 0 Å². The number of benzene rings is 2. The lowest BCUT2D eigenvalue weighted by atomic mass is 9.70. The normalized spacial score (nSPS) is 29.5. The summed E-state index contributed by atoms with van der Waals surface area (Å²) in [6.07, 6.45) is 11.6. The first-order valence-electron chi connectivity index (χ1n) is 11.4. The maximum absolute atomic E-state index is 12.7. The van der Waals surface area contributed by atoms with Crippen LogP contribution in [0.25, 0.3) is 0 Å². The molecule has 0 unspecified atom stereocenters. The molecular weight excluding hydrogens is 450 g/mol. The Morgan fingerprint density at radius 2 is 1.77 bits per heavy atom. The number of carbonyl (C=O) groups is 1. The third kappa shape index (κ3) is 2.95. The minimum Gasteiger partial charge on any atom is -0.462 e. The van der Waals surface area contributed by atoms with Gasteiger partial charge in [0.2, 0.25) is 0 Å². The van der Waals surface area contributed by atoms with Crippen LogP contribution in [0.2, 0.25) is 0 Å². The zero-order chi connectivity index (χ0) is 21.1. The van der Waals surface area contributed by atoms with Crippen molar-refractivity contribution in [1.29, 1.82) is 0 Å². The predicted octanol–water partition coefficient (Wildman–Crippen LogP) is 6.52. The highest BCUT2D eigenvalue weighted by Crippen LogP contribution is 2.59. The number of esters is 1. The molecule has 158 valence electrons. The summed E-state index contributed by atoms with van der Waals surface area (Å²) in [7, 11) is 0. The van der Waals surface area contributed by atoms with Crippen LogP contribution in [0.15, 0.2) is 65.2 Å². The fraction of sp³-hybridized carbons (Fsp3) is 0.370. The average molecular weight is 476 g/mol. The van der Waals surface area contributed by atoms with Crippen LogP contribution in [-0.2, 0) is 4.74 Å². The summed E-state index contributed by atoms with van der Waals surface area (Å²) in [6.45, 7) is 3.34. The molecule has 0 saturated carbocycles. The van der Waals surface area contributed by atoms with Gasteiger partial charge in [-0.3, -0.25) is 0 Å². The first-order valence-corrected chi connectivity index (χ1v) is 12.2. The number of rotatable bonds is 3. The van der Waals surface area contributed by atoms with Crippen LogP contribution in [0.3, 0.4) is 0 Å². The standard InChI is InChI=1S/C27H26BrNO2/c1-2-31-27(30)18-13-23-20-6-3-5-17(20)15-29-25(16-9-11-19(28)12-10-16)22-8-4-7-21(22)24(14-18)26(23)29/h3-4,6-7,9-14,17,20-22,25H,2,5,8,15H2,1H3/t17-,20-,21+,22-,25-/m0/s1. The fourth-order valence-corrected chi connectivity index (χ4v) is 6.61. The summed E-state index contributed by atoms with van der Waals surface area (Å²) < 4.78 is 6.51. The molecule has 2 heterocycles. The highest BCUT2D eigenvalue weighted by molar-refractivity contribution is 9.10. The second kappa shape index (κ2) is 7.37. The minimum absolute atomic E-state index is 0.203. The molecule has 2 aromatic rings. The lowest BCUT2D eigenvalue weighted by Gasteiger charge is -2.51. The molecule has 2 aliphatic heterocycles. The maximum atomic E-state index is 12.7. The van der Waals surface area contributed by atoms with Gasteiger partial charge < -0.3 is 9.64 Å². The van der Waals surface area contributed by atoms with Gasteiger partial charge in [-0.05, 0) is 72.6 Å². The molecule has 0 bridgehead atoms. The highest BCUT2D eigenvalue weighted by atomic mass is 79.9. The minimum atomic E-state index is -0.203. The van der Waals surface area contributed by atoms with E-state index in [9.17, 15) is 4.79 Å². The number of halogens is 1. The van der Waals surface area contributed by atoms with Crippen LogP contribution >= 0.6 is 15.9 Å². The van der Waals surface area contributed by atoms with Gasteiger partial charge in [0.15, 0.2) is 0 Å². The topological polar surface area (TPSA) is 29.5 Å². The van der Waals surface area contributed by atoms with E-state index in [0.717, 1.165) is 23.9 Å². The zero-order valence-corrected chi connectivity index (χ0v) is 19.2. The quantitative estimate of drug-likeness (QED) is 0.373. The molecule has 0 radical (unpaired) electrons. The molecule has 0 amide bonds. The van der Waals surface area contributed by atoms with Crippen molar-refractivity contribution in [3.05, 3.63) is 87.4 Å². The largest absolute Gasteiger partial charge is 0.462 e. The molecule has 0 spiro atoms. The van der Waals surface area contributed by atoms with Gasteiger partial charge in [-0.15, -0.1) is 0 Å². The summed E-state index contributed by atoms with van der Waals surface area (Å²) in [5.41, 5.74) is 6.08. The van der Waals surface area contributed by atoms with Gasteiger partial charge in [0.1, 0.15) is 0 Å². The van der Waals surface area contributed by atoms with Gasteiger partial charge in [-0.1, -0.05) is 52.4 Å². The first kappa shape index (κ1) is 19.4. The van der Waals surface area contributed by atoms with E-state index in [4.69, 9.17) is 4.74 Å². The number of ether oxygens (including phenoxy) is 1. The molecule has 4 heteroatoms. The van der Waals surface area contributed by atoms with Gasteiger partial charge in [-0.2, -0.15) is 0 Å². The Morgan fingerprint density at radius 1 is 1.06 bits per heavy atom. The van der Waals surface area contributed by atoms with E-state index >= 15 is 0 Å². The zero-order valence-electron chi connectivity index (χ0n) is 17.6. The highest BCUT2D eigenvalue weighted by Gasteiger charge is 2.48. The Balaban J connectivity index is 1.56. The van der Waals surface area contributed by atoms with Crippen molar-refractivity contribution in [2.24, 2.45) is 11.8 Å². The number of carbonyl (C=O) groups excluding carboxylic acids is 1. The summed E-state index contributed by atoms with van der Waals surface area (Å²) in [5.74, 6) is 1.60. The molecule has 5 atom stereocenters. The first-order chi connectivity index (χ1) is 15.2. The second-order valence-electron chi connectivity index (χ2n) is 9.18. The Kier molecular flexibility index (Phi) is 4.60. The number of anilines is 1. The van der Waals surface area contributed by atoms with Crippen LogP contribution < -0.4 is 4.90 Å². The van der Waals surface area contributed by atoms with Crippen LogP contribution in [0.1, 0.15) is 64.7 Å². The molecule has 0 saturated heterocycles. The average Bonchev–Trinajstić information content (AvgIpc) is 3.44. The molecule has 6 rings (SSSR count). The maximum Gasteiger partial charge on any atom is 0.338 e. The van der Waals surface area contributed by atoms with Crippen molar-refractivity contribution in [1.82, 2.24) is 0 Å². The third-order valence-electron chi connectivity index (χ3n) is 7.57. The molecule has 2 aromatic carbocycles. The van der Waals surface area contributed by atoms with Gasteiger partial charge in [-0.25, -0.2) is 4.79 Å². The van der Waals surface area contributed by atoms with Crippen LogP contribution in [-0.4, -0.2) is 19.1 Å². The number of hydrogen-bond donors (Lipinski definition) is 0. The lowest BCUT2D eigenvalue weighted by molar-refractivity contribution is 0.0526. The van der Waals surface area contributed by atoms with Crippen molar-refractivity contribution in [2.45, 2.75) is 37.6 Å². The van der Waals surface area contributed by atoms with Crippen molar-refractivity contribution < 1.29 is 9.53 Å². The van der Waals surface area contributed by atoms with E-state index in [0.29, 0.717) is 41.9 Å². The van der Waals surface area contributed by atoms with Gasteiger partial charge in [0.25, 0.3) is 0 Å². The molecule has 2 aliphatic carbocycles. The van der Waals surface area contributed by atoms with Crippen LogP contribution in [0, 0.1) is 11.8 Å². The van der Waals surface area contributed by atoms with Crippen molar-refractivity contribution in [3.63, 3.8) is 0 Å². The smallest absolute Gasteiger partial charge is 0.338 e. The Labute approximate surface area is 191 Å². The van der Waals surface area contributed by atoms with Gasteiger partial charge >= 0.3 is 5.97 Å².